The summed E-state index contributed by atoms with van der Waals surface area (Å²) in [6, 6.07) is 6.55. The van der Waals surface area contributed by atoms with Crippen LogP contribution in [0.3, 0.4) is 0 Å². The predicted octanol–water partition coefficient (Wildman–Crippen LogP) is 4.26. The summed E-state index contributed by atoms with van der Waals surface area (Å²) in [4.78, 5) is 1.94. The first-order chi connectivity index (χ1) is 11.2. The highest BCUT2D eigenvalue weighted by atomic mass is 127. The molecule has 0 bridgehead atoms. The van der Waals surface area contributed by atoms with E-state index < -0.39 is 18.9 Å². The van der Waals surface area contributed by atoms with Crippen LogP contribution in [0.25, 0.3) is 10.9 Å². The van der Waals surface area contributed by atoms with E-state index in [-0.39, 0.29) is 6.04 Å². The van der Waals surface area contributed by atoms with Crippen LogP contribution in [-0.4, -0.2) is 48.0 Å². The van der Waals surface area contributed by atoms with Crippen LogP contribution in [0, 0.1) is 3.70 Å². The van der Waals surface area contributed by atoms with Crippen molar-refractivity contribution >= 4 is 39.2 Å². The van der Waals surface area contributed by atoms with Gasteiger partial charge in [0.05, 0.1) is 15.3 Å². The second-order valence-electron chi connectivity index (χ2n) is 6.22. The van der Waals surface area contributed by atoms with Crippen molar-refractivity contribution in [2.45, 2.75) is 31.4 Å². The Morgan fingerprint density at radius 2 is 2.08 bits per heavy atom. The number of fused-ring (bicyclic) bond motifs is 1. The van der Waals surface area contributed by atoms with Crippen molar-refractivity contribution in [3.05, 3.63) is 28.0 Å². The van der Waals surface area contributed by atoms with Crippen molar-refractivity contribution in [3.63, 3.8) is 0 Å². The van der Waals surface area contributed by atoms with Gasteiger partial charge < -0.3 is 14.8 Å². The largest absolute Gasteiger partial charge is 0.406 e. The Morgan fingerprint density at radius 1 is 1.33 bits per heavy atom. The molecule has 1 aromatic carbocycles. The van der Waals surface area contributed by atoms with Crippen molar-refractivity contribution in [1.29, 1.82) is 0 Å². The molecule has 8 heteroatoms. The maximum absolute atomic E-state index is 14.2. The van der Waals surface area contributed by atoms with Gasteiger partial charge in [-0.05, 0) is 54.3 Å². The SMILES string of the molecule is CN1CC[C@H](Nc2cccc3c2cc(I)n3CC(F)(F)F)[C@@H](F)C1. The van der Waals surface area contributed by atoms with Crippen LogP contribution in [0.1, 0.15) is 6.42 Å². The molecule has 0 spiro atoms. The van der Waals surface area contributed by atoms with Gasteiger partial charge in [0.25, 0.3) is 0 Å². The van der Waals surface area contributed by atoms with E-state index in [2.05, 4.69) is 5.32 Å². The summed E-state index contributed by atoms with van der Waals surface area (Å²) in [5.41, 5.74) is 1.19. The second-order valence-corrected chi connectivity index (χ2v) is 7.33. The number of aromatic nitrogens is 1. The van der Waals surface area contributed by atoms with Gasteiger partial charge in [-0.3, -0.25) is 0 Å². The molecule has 132 valence electrons. The second kappa shape index (κ2) is 6.70. The Morgan fingerprint density at radius 3 is 2.75 bits per heavy atom. The lowest BCUT2D eigenvalue weighted by Gasteiger charge is -2.33. The van der Waals surface area contributed by atoms with Gasteiger partial charge >= 0.3 is 6.18 Å². The first-order valence-electron chi connectivity index (χ1n) is 7.68. The van der Waals surface area contributed by atoms with Crippen molar-refractivity contribution in [1.82, 2.24) is 9.47 Å². The highest BCUT2D eigenvalue weighted by molar-refractivity contribution is 14.1. The quantitative estimate of drug-likeness (QED) is 0.552. The molecule has 0 unspecified atom stereocenters. The Labute approximate surface area is 151 Å². The van der Waals surface area contributed by atoms with Crippen LogP contribution in [0.4, 0.5) is 23.2 Å². The number of nitrogens with zero attached hydrogens (tertiary/aromatic N) is 2. The molecule has 1 aliphatic heterocycles. The van der Waals surface area contributed by atoms with Crippen LogP contribution >= 0.6 is 22.6 Å². The van der Waals surface area contributed by atoms with Crippen molar-refractivity contribution < 1.29 is 17.6 Å². The molecule has 3 rings (SSSR count). The molecule has 0 amide bonds. The molecule has 2 aromatic rings. The topological polar surface area (TPSA) is 20.2 Å². The molecule has 1 saturated heterocycles. The number of likely N-dealkylation sites (tertiary alicyclic amines) is 1. The van der Waals surface area contributed by atoms with E-state index in [1.165, 1.54) is 4.57 Å². The Kier molecular flexibility index (Phi) is 4.96. The summed E-state index contributed by atoms with van der Waals surface area (Å²) in [5.74, 6) is 0. The lowest BCUT2D eigenvalue weighted by Crippen LogP contribution is -2.46. The fourth-order valence-electron chi connectivity index (χ4n) is 3.14. The standard InChI is InChI=1S/C16H18F4IN3/c1-23-6-5-13(11(17)8-23)22-12-3-2-4-14-10(12)7-15(21)24(14)9-16(18,19)20/h2-4,7,11,13,22H,5-6,8-9H2,1H3/t11-,13-/m0/s1. The smallest absolute Gasteiger partial charge is 0.379 e. The normalized spacial score (nSPS) is 22.9. The molecule has 0 aliphatic carbocycles. The van der Waals surface area contributed by atoms with E-state index in [0.717, 1.165) is 6.54 Å². The summed E-state index contributed by atoms with van der Waals surface area (Å²) in [7, 11) is 1.88. The van der Waals surface area contributed by atoms with Gasteiger partial charge in [0.2, 0.25) is 0 Å². The van der Waals surface area contributed by atoms with Crippen LogP contribution < -0.4 is 5.32 Å². The Hall–Kier alpha value is -1.03. The third-order valence-corrected chi connectivity index (χ3v) is 5.21. The molecule has 2 heterocycles. The molecule has 1 N–H and O–H groups in total. The molecule has 3 nitrogen and oxygen atoms in total. The molecular formula is C16H18F4IN3. The molecule has 1 fully saturated rings. The Balaban J connectivity index is 1.91. The number of benzene rings is 1. The van der Waals surface area contributed by atoms with Gasteiger partial charge in [0.1, 0.15) is 12.7 Å². The third-order valence-electron chi connectivity index (χ3n) is 4.32. The maximum atomic E-state index is 14.2. The van der Waals surface area contributed by atoms with Gasteiger partial charge in [0, 0.05) is 24.2 Å². The van der Waals surface area contributed by atoms with Crippen LogP contribution in [0.5, 0.6) is 0 Å². The van der Waals surface area contributed by atoms with Crippen molar-refractivity contribution in [2.24, 2.45) is 0 Å². The minimum Gasteiger partial charge on any atom is -0.379 e. The van der Waals surface area contributed by atoms with E-state index in [4.69, 9.17) is 0 Å². The lowest BCUT2D eigenvalue weighted by atomic mass is 10.0. The minimum absolute atomic E-state index is 0.324. The van der Waals surface area contributed by atoms with Crippen LogP contribution in [0.2, 0.25) is 0 Å². The summed E-state index contributed by atoms with van der Waals surface area (Å²) in [6.45, 7) is 0.124. The highest BCUT2D eigenvalue weighted by Crippen LogP contribution is 2.32. The fourth-order valence-corrected chi connectivity index (χ4v) is 3.88. The molecule has 1 aromatic heterocycles. The lowest BCUT2D eigenvalue weighted by molar-refractivity contribution is -0.140. The van der Waals surface area contributed by atoms with Gasteiger partial charge in [-0.1, -0.05) is 6.07 Å². The van der Waals surface area contributed by atoms with E-state index in [9.17, 15) is 17.6 Å². The summed E-state index contributed by atoms with van der Waals surface area (Å²) in [5, 5.41) is 3.89. The molecule has 0 saturated carbocycles. The average molecular weight is 455 g/mol. The summed E-state index contributed by atoms with van der Waals surface area (Å²) >= 11 is 1.90. The molecule has 1 aliphatic rings. The highest BCUT2D eigenvalue weighted by Gasteiger charge is 2.30. The average Bonchev–Trinajstić information content (AvgIpc) is 2.78. The van der Waals surface area contributed by atoms with Crippen LogP contribution in [0.15, 0.2) is 24.3 Å². The predicted molar refractivity (Wildman–Crippen MR) is 95.1 cm³/mol. The first kappa shape index (κ1) is 17.8. The number of nitrogens with one attached hydrogen (secondary N) is 1. The van der Waals surface area contributed by atoms with E-state index in [1.807, 2.05) is 34.5 Å². The van der Waals surface area contributed by atoms with Gasteiger partial charge in [-0.15, -0.1) is 0 Å². The maximum Gasteiger partial charge on any atom is 0.406 e. The summed E-state index contributed by atoms with van der Waals surface area (Å²) < 4.78 is 54.4. The van der Waals surface area contributed by atoms with Gasteiger partial charge in [0.15, 0.2) is 0 Å². The zero-order chi connectivity index (χ0) is 17.5. The number of anilines is 1. The molecule has 0 radical (unpaired) electrons. The third kappa shape index (κ3) is 3.79. The monoisotopic (exact) mass is 455 g/mol. The van der Waals surface area contributed by atoms with Gasteiger partial charge in [-0.2, -0.15) is 13.2 Å². The number of hydrogen-bond donors (Lipinski definition) is 1. The van der Waals surface area contributed by atoms with Crippen molar-refractivity contribution in [2.75, 3.05) is 25.5 Å². The number of halogens is 5. The van der Waals surface area contributed by atoms with E-state index in [0.29, 0.717) is 33.3 Å². The number of alkyl halides is 4. The Bertz CT molecular complexity index is 728. The molecular weight excluding hydrogens is 437 g/mol. The van der Waals surface area contributed by atoms with Crippen molar-refractivity contribution in [3.8, 4) is 0 Å². The number of piperidine rings is 1. The minimum atomic E-state index is -4.28. The van der Waals surface area contributed by atoms with Gasteiger partial charge in [-0.25, -0.2) is 4.39 Å². The molecule has 2 atom stereocenters. The number of rotatable bonds is 3. The first-order valence-corrected chi connectivity index (χ1v) is 8.76. The van der Waals surface area contributed by atoms with E-state index >= 15 is 0 Å². The zero-order valence-electron chi connectivity index (χ0n) is 13.1. The zero-order valence-corrected chi connectivity index (χ0v) is 15.2. The summed E-state index contributed by atoms with van der Waals surface area (Å²) in [6.07, 6.45) is -4.63. The number of hydrogen-bond acceptors (Lipinski definition) is 2. The van der Waals surface area contributed by atoms with E-state index in [1.54, 1.807) is 24.3 Å². The molecule has 24 heavy (non-hydrogen) atoms. The fraction of sp³-hybridized carbons (Fsp3) is 0.500. The van der Waals surface area contributed by atoms with Crippen LogP contribution in [-0.2, 0) is 6.54 Å².